The molecule has 0 aliphatic rings. The Balaban J connectivity index is 2.66. The first-order valence-electron chi connectivity index (χ1n) is 4.34. The van der Waals surface area contributed by atoms with Crippen LogP contribution in [-0.4, -0.2) is 15.0 Å². The molecule has 0 aliphatic carbocycles. The standard InChI is InChI=1S/C9H7F3N4/c1-4-9(13)14-15-16(4)6-3-2-5(10)7(11)8(6)12/h2-3H,13H2,1H3. The minimum atomic E-state index is -1.55. The average molecular weight is 228 g/mol. The van der Waals surface area contributed by atoms with Gasteiger partial charge in [0.25, 0.3) is 0 Å². The minimum absolute atomic E-state index is 0.101. The van der Waals surface area contributed by atoms with Crippen molar-refractivity contribution in [2.24, 2.45) is 0 Å². The number of anilines is 1. The highest BCUT2D eigenvalue weighted by atomic mass is 19.2. The molecule has 0 spiro atoms. The minimum Gasteiger partial charge on any atom is -0.381 e. The molecule has 16 heavy (non-hydrogen) atoms. The maximum Gasteiger partial charge on any atom is 0.196 e. The zero-order chi connectivity index (χ0) is 11.9. The van der Waals surface area contributed by atoms with Gasteiger partial charge in [0, 0.05) is 0 Å². The van der Waals surface area contributed by atoms with Crippen LogP contribution in [0.15, 0.2) is 12.1 Å². The maximum atomic E-state index is 13.4. The normalized spacial score (nSPS) is 10.8. The van der Waals surface area contributed by atoms with Gasteiger partial charge in [0.15, 0.2) is 23.3 Å². The van der Waals surface area contributed by atoms with Crippen molar-refractivity contribution >= 4 is 5.82 Å². The zero-order valence-corrected chi connectivity index (χ0v) is 8.21. The smallest absolute Gasteiger partial charge is 0.196 e. The van der Waals surface area contributed by atoms with E-state index in [9.17, 15) is 13.2 Å². The molecular weight excluding hydrogens is 221 g/mol. The van der Waals surface area contributed by atoms with E-state index in [1.807, 2.05) is 0 Å². The number of nitrogen functional groups attached to an aromatic ring is 1. The second kappa shape index (κ2) is 3.51. The van der Waals surface area contributed by atoms with Crippen molar-refractivity contribution in [3.05, 3.63) is 35.3 Å². The zero-order valence-electron chi connectivity index (χ0n) is 8.21. The lowest BCUT2D eigenvalue weighted by Crippen LogP contribution is -2.05. The summed E-state index contributed by atoms with van der Waals surface area (Å²) in [5, 5.41) is 7.02. The summed E-state index contributed by atoms with van der Waals surface area (Å²) >= 11 is 0. The first-order chi connectivity index (χ1) is 7.52. The third-order valence-corrected chi connectivity index (χ3v) is 2.17. The summed E-state index contributed by atoms with van der Waals surface area (Å²) in [6.45, 7) is 1.54. The van der Waals surface area contributed by atoms with E-state index in [0.29, 0.717) is 5.69 Å². The van der Waals surface area contributed by atoms with Gasteiger partial charge < -0.3 is 5.73 Å². The Labute approximate surface area is 88.5 Å². The number of hydrogen-bond donors (Lipinski definition) is 1. The molecule has 0 atom stereocenters. The molecule has 2 N–H and O–H groups in total. The van der Waals surface area contributed by atoms with Gasteiger partial charge in [-0.3, -0.25) is 0 Å². The molecule has 7 heteroatoms. The molecule has 0 bridgehead atoms. The predicted molar refractivity (Wildman–Crippen MR) is 50.4 cm³/mol. The van der Waals surface area contributed by atoms with Gasteiger partial charge in [-0.15, -0.1) is 5.10 Å². The Morgan fingerprint density at radius 1 is 1.19 bits per heavy atom. The van der Waals surface area contributed by atoms with E-state index in [2.05, 4.69) is 10.3 Å². The molecule has 4 nitrogen and oxygen atoms in total. The summed E-state index contributed by atoms with van der Waals surface area (Å²) in [6, 6.07) is 1.87. The highest BCUT2D eigenvalue weighted by Gasteiger charge is 2.17. The van der Waals surface area contributed by atoms with Crippen LogP contribution < -0.4 is 5.73 Å². The van der Waals surface area contributed by atoms with Crippen LogP contribution in [0.3, 0.4) is 0 Å². The molecule has 0 unspecified atom stereocenters. The van der Waals surface area contributed by atoms with Crippen LogP contribution in [-0.2, 0) is 0 Å². The molecule has 1 aromatic heterocycles. The molecule has 0 radical (unpaired) electrons. The van der Waals surface area contributed by atoms with Gasteiger partial charge in [0.2, 0.25) is 0 Å². The molecule has 0 saturated carbocycles. The van der Waals surface area contributed by atoms with Crippen LogP contribution in [0.1, 0.15) is 5.69 Å². The first-order valence-corrected chi connectivity index (χ1v) is 4.34. The fraction of sp³-hybridized carbons (Fsp3) is 0.111. The number of aromatic nitrogens is 3. The van der Waals surface area contributed by atoms with E-state index in [1.165, 1.54) is 6.92 Å². The lowest BCUT2D eigenvalue weighted by atomic mass is 10.2. The lowest BCUT2D eigenvalue weighted by molar-refractivity contribution is 0.442. The number of nitrogens with zero attached hydrogens (tertiary/aromatic N) is 3. The SMILES string of the molecule is Cc1c(N)nnn1-c1ccc(F)c(F)c1F. The van der Waals surface area contributed by atoms with Crippen LogP contribution >= 0.6 is 0 Å². The summed E-state index contributed by atoms with van der Waals surface area (Å²) in [5.41, 5.74) is 5.53. The number of benzene rings is 1. The Hall–Kier alpha value is -2.05. The Morgan fingerprint density at radius 2 is 1.88 bits per heavy atom. The molecule has 0 aliphatic heterocycles. The van der Waals surface area contributed by atoms with Gasteiger partial charge in [-0.25, -0.2) is 17.9 Å². The summed E-state index contributed by atoms with van der Waals surface area (Å²) in [6.07, 6.45) is 0. The van der Waals surface area contributed by atoms with E-state index in [-0.39, 0.29) is 11.5 Å². The van der Waals surface area contributed by atoms with E-state index < -0.39 is 17.5 Å². The molecule has 1 heterocycles. The van der Waals surface area contributed by atoms with Crippen LogP contribution in [0.5, 0.6) is 0 Å². The quantitative estimate of drug-likeness (QED) is 0.754. The predicted octanol–water partition coefficient (Wildman–Crippen LogP) is 1.58. The van der Waals surface area contributed by atoms with Crippen LogP contribution in [0.2, 0.25) is 0 Å². The third kappa shape index (κ3) is 1.40. The fourth-order valence-electron chi connectivity index (χ4n) is 1.25. The van der Waals surface area contributed by atoms with Crippen LogP contribution in [0.25, 0.3) is 5.69 Å². The maximum absolute atomic E-state index is 13.4. The van der Waals surface area contributed by atoms with Gasteiger partial charge in [-0.1, -0.05) is 5.21 Å². The second-order valence-electron chi connectivity index (χ2n) is 3.17. The molecule has 0 fully saturated rings. The number of nitrogens with two attached hydrogens (primary N) is 1. The van der Waals surface area contributed by atoms with Gasteiger partial charge in [-0.05, 0) is 19.1 Å². The highest BCUT2D eigenvalue weighted by molar-refractivity contribution is 5.41. The van der Waals surface area contributed by atoms with Crippen molar-refractivity contribution in [2.45, 2.75) is 6.92 Å². The lowest BCUT2D eigenvalue weighted by Gasteiger charge is -2.05. The van der Waals surface area contributed by atoms with E-state index in [1.54, 1.807) is 0 Å². The summed E-state index contributed by atoms with van der Waals surface area (Å²) < 4.78 is 40.1. The van der Waals surface area contributed by atoms with Crippen molar-refractivity contribution in [2.75, 3.05) is 5.73 Å². The molecule has 0 amide bonds. The highest BCUT2D eigenvalue weighted by Crippen LogP contribution is 2.20. The molecule has 84 valence electrons. The van der Waals surface area contributed by atoms with E-state index in [0.717, 1.165) is 16.8 Å². The summed E-state index contributed by atoms with van der Waals surface area (Å²) in [4.78, 5) is 0. The van der Waals surface area contributed by atoms with Gasteiger partial charge in [-0.2, -0.15) is 0 Å². The Bertz CT molecular complexity index is 550. The number of hydrogen-bond acceptors (Lipinski definition) is 3. The van der Waals surface area contributed by atoms with E-state index >= 15 is 0 Å². The summed E-state index contributed by atoms with van der Waals surface area (Å²) in [5.74, 6) is -4.03. The van der Waals surface area contributed by atoms with Crippen LogP contribution in [0, 0.1) is 24.4 Å². The number of rotatable bonds is 1. The molecule has 0 saturated heterocycles. The van der Waals surface area contributed by atoms with Gasteiger partial charge in [0.05, 0.1) is 5.69 Å². The Morgan fingerprint density at radius 3 is 2.44 bits per heavy atom. The van der Waals surface area contributed by atoms with E-state index in [4.69, 9.17) is 5.73 Å². The topological polar surface area (TPSA) is 56.7 Å². The molecule has 1 aromatic carbocycles. The van der Waals surface area contributed by atoms with Crippen molar-refractivity contribution in [1.29, 1.82) is 0 Å². The van der Waals surface area contributed by atoms with Crippen molar-refractivity contribution in [1.82, 2.24) is 15.0 Å². The monoisotopic (exact) mass is 228 g/mol. The van der Waals surface area contributed by atoms with Crippen molar-refractivity contribution in [3.8, 4) is 5.69 Å². The third-order valence-electron chi connectivity index (χ3n) is 2.17. The fourth-order valence-corrected chi connectivity index (χ4v) is 1.25. The largest absolute Gasteiger partial charge is 0.381 e. The number of halogens is 3. The first kappa shape index (κ1) is 10.5. The second-order valence-corrected chi connectivity index (χ2v) is 3.17. The van der Waals surface area contributed by atoms with Crippen LogP contribution in [0.4, 0.5) is 19.0 Å². The Kier molecular flexibility index (Phi) is 2.30. The summed E-state index contributed by atoms with van der Waals surface area (Å²) in [7, 11) is 0. The van der Waals surface area contributed by atoms with Gasteiger partial charge in [0.1, 0.15) is 5.69 Å². The molecular formula is C9H7F3N4. The average Bonchev–Trinajstić information content (AvgIpc) is 2.58. The van der Waals surface area contributed by atoms with Crippen molar-refractivity contribution in [3.63, 3.8) is 0 Å². The van der Waals surface area contributed by atoms with Gasteiger partial charge >= 0.3 is 0 Å². The molecule has 2 rings (SSSR count). The molecule has 2 aromatic rings. The van der Waals surface area contributed by atoms with Crippen molar-refractivity contribution < 1.29 is 13.2 Å².